The molecule has 0 amide bonds. The van der Waals surface area contributed by atoms with E-state index in [9.17, 15) is 4.79 Å². The van der Waals surface area contributed by atoms with Crippen molar-refractivity contribution in [2.75, 3.05) is 0 Å². The molecule has 0 aliphatic rings. The van der Waals surface area contributed by atoms with Crippen molar-refractivity contribution in [2.24, 2.45) is 0 Å². The predicted molar refractivity (Wildman–Crippen MR) is 44.7 cm³/mol. The third kappa shape index (κ3) is 2.08. The number of carboxylic acid groups (broad SMARTS) is 1. The lowest BCUT2D eigenvalue weighted by Crippen LogP contribution is -2.12. The quantitative estimate of drug-likeness (QED) is 0.357. The highest BCUT2D eigenvalue weighted by Gasteiger charge is 2.01. The van der Waals surface area contributed by atoms with Crippen LogP contribution in [-0.4, -0.2) is 21.5 Å². The maximum atomic E-state index is 10.1. The summed E-state index contributed by atoms with van der Waals surface area (Å²) in [6.45, 7) is 0. The molecule has 0 spiro atoms. The molecular weight excluding hydrogens is 160 g/mol. The lowest BCUT2D eigenvalue weighted by atomic mass is 10.3. The molecule has 0 aliphatic carbocycles. The van der Waals surface area contributed by atoms with Crippen LogP contribution < -0.4 is 9.92 Å². The third-order valence-corrected chi connectivity index (χ3v) is 2.12. The van der Waals surface area contributed by atoms with E-state index in [1.54, 1.807) is 12.1 Å². The van der Waals surface area contributed by atoms with Gasteiger partial charge in [0.2, 0.25) is 0 Å². The molecule has 0 atom stereocenters. The van der Waals surface area contributed by atoms with E-state index >= 15 is 0 Å². The molecule has 1 rings (SSSR count). The molecule has 0 fully saturated rings. The smallest absolute Gasteiger partial charge is 0.449 e. The van der Waals surface area contributed by atoms with E-state index in [0.29, 0.717) is 5.75 Å². The molecule has 0 saturated heterocycles. The van der Waals surface area contributed by atoms with Crippen LogP contribution in [0.4, 0.5) is 4.79 Å². The van der Waals surface area contributed by atoms with Gasteiger partial charge in [-0.3, -0.25) is 0 Å². The molecule has 0 radical (unpaired) electrons. The van der Waals surface area contributed by atoms with E-state index in [2.05, 4.69) is 4.74 Å². The van der Waals surface area contributed by atoms with Crippen molar-refractivity contribution in [3.05, 3.63) is 24.3 Å². The van der Waals surface area contributed by atoms with Gasteiger partial charge in [-0.2, -0.15) is 0 Å². The monoisotopic (exact) mass is 168 g/mol. The van der Waals surface area contributed by atoms with Crippen LogP contribution in [0.25, 0.3) is 0 Å². The van der Waals surface area contributed by atoms with Gasteiger partial charge in [0.15, 0.2) is 0 Å². The van der Waals surface area contributed by atoms with E-state index in [1.165, 1.54) is 0 Å². The number of hydrogen-bond acceptors (Lipinski definition) is 2. The fourth-order valence-corrected chi connectivity index (χ4v) is 1.23. The summed E-state index contributed by atoms with van der Waals surface area (Å²) in [6, 6.07) is 7.11. The normalized spacial score (nSPS) is 9.45. The molecule has 11 heavy (non-hydrogen) atoms. The molecule has 0 unspecified atom stereocenters. The molecule has 58 valence electrons. The number of benzene rings is 1. The highest BCUT2D eigenvalue weighted by molar-refractivity contribution is 6.34. The van der Waals surface area contributed by atoms with Crippen molar-refractivity contribution in [3.63, 3.8) is 0 Å². The molecule has 0 saturated carbocycles. The first-order chi connectivity index (χ1) is 5.20. The van der Waals surface area contributed by atoms with Gasteiger partial charge in [-0.15, -0.1) is 0 Å². The first-order valence-corrected chi connectivity index (χ1v) is 4.16. The zero-order valence-electron chi connectivity index (χ0n) is 6.07. The van der Waals surface area contributed by atoms with Crippen molar-refractivity contribution >= 4 is 21.6 Å². The van der Waals surface area contributed by atoms with Crippen molar-refractivity contribution in [2.45, 2.75) is 0 Å². The Morgan fingerprint density at radius 3 is 2.64 bits per heavy atom. The largest absolute Gasteiger partial charge is 0.511 e. The van der Waals surface area contributed by atoms with Crippen LogP contribution in [-0.2, 0) is 0 Å². The summed E-state index contributed by atoms with van der Waals surface area (Å²) in [7, 11) is 0.793. The lowest BCUT2D eigenvalue weighted by Gasteiger charge is -2.01. The average Bonchev–Trinajstić information content (AvgIpc) is 1.93. The van der Waals surface area contributed by atoms with Crippen molar-refractivity contribution < 1.29 is 14.6 Å². The van der Waals surface area contributed by atoms with Crippen LogP contribution in [0.5, 0.6) is 5.75 Å². The Hall–Kier alpha value is -1.29. The minimum Gasteiger partial charge on any atom is -0.449 e. The standard InChI is InChI=1S/C7H8O3Si/c8-7(9)10-5-3-1-2-4-6(5)11/h1-4H,11H3,(H,8,9). The average molecular weight is 168 g/mol. The van der Waals surface area contributed by atoms with Crippen LogP contribution in [0.1, 0.15) is 0 Å². The molecule has 1 N–H and O–H groups in total. The van der Waals surface area contributed by atoms with E-state index in [-0.39, 0.29) is 0 Å². The van der Waals surface area contributed by atoms with Gasteiger partial charge in [-0.1, -0.05) is 18.2 Å². The van der Waals surface area contributed by atoms with Crippen LogP contribution in [0.15, 0.2) is 24.3 Å². The Kier molecular flexibility index (Phi) is 2.27. The second-order valence-electron chi connectivity index (χ2n) is 2.13. The minimum absolute atomic E-state index is 0.451. The fraction of sp³-hybridized carbons (Fsp3) is 0. The molecular formula is C7H8O3Si. The Morgan fingerprint density at radius 1 is 1.45 bits per heavy atom. The van der Waals surface area contributed by atoms with Crippen LogP contribution in [0.2, 0.25) is 0 Å². The minimum atomic E-state index is -1.26. The fourth-order valence-electron chi connectivity index (χ4n) is 0.765. The number of para-hydroxylation sites is 1. The lowest BCUT2D eigenvalue weighted by molar-refractivity contribution is 0.145. The van der Waals surface area contributed by atoms with Crippen LogP contribution in [0, 0.1) is 0 Å². The Bertz CT molecular complexity index is 272. The summed E-state index contributed by atoms with van der Waals surface area (Å²) in [5, 5.41) is 9.24. The SMILES string of the molecule is O=C(O)Oc1ccccc1[SiH3]. The summed E-state index contributed by atoms with van der Waals surface area (Å²) >= 11 is 0. The zero-order valence-corrected chi connectivity index (χ0v) is 8.07. The third-order valence-electron chi connectivity index (χ3n) is 1.29. The summed E-state index contributed by atoms with van der Waals surface area (Å²) in [5.41, 5.74) is 0. The van der Waals surface area contributed by atoms with Gasteiger partial charge in [0.25, 0.3) is 0 Å². The molecule has 0 aliphatic heterocycles. The number of ether oxygens (including phenoxy) is 1. The van der Waals surface area contributed by atoms with Gasteiger partial charge in [0.1, 0.15) is 5.75 Å². The van der Waals surface area contributed by atoms with Crippen molar-refractivity contribution in [1.29, 1.82) is 0 Å². The number of hydrogen-bond donors (Lipinski definition) is 1. The van der Waals surface area contributed by atoms with Gasteiger partial charge >= 0.3 is 6.16 Å². The zero-order chi connectivity index (χ0) is 8.27. The number of carbonyl (C=O) groups is 1. The van der Waals surface area contributed by atoms with E-state index < -0.39 is 6.16 Å². The maximum absolute atomic E-state index is 10.1. The highest BCUT2D eigenvalue weighted by Crippen LogP contribution is 2.04. The van der Waals surface area contributed by atoms with Crippen LogP contribution >= 0.6 is 0 Å². The predicted octanol–water partition coefficient (Wildman–Crippen LogP) is -0.266. The molecule has 1 aromatic rings. The second-order valence-corrected chi connectivity index (χ2v) is 3.21. The van der Waals surface area contributed by atoms with E-state index in [0.717, 1.165) is 15.4 Å². The molecule has 0 bridgehead atoms. The summed E-state index contributed by atoms with van der Waals surface area (Å²) in [5.74, 6) is 0.451. The summed E-state index contributed by atoms with van der Waals surface area (Å²) in [6.07, 6.45) is -1.26. The van der Waals surface area contributed by atoms with E-state index in [4.69, 9.17) is 5.11 Å². The van der Waals surface area contributed by atoms with Crippen molar-refractivity contribution in [3.8, 4) is 5.75 Å². The molecule has 0 aromatic heterocycles. The maximum Gasteiger partial charge on any atom is 0.511 e. The molecule has 1 aromatic carbocycles. The van der Waals surface area contributed by atoms with Gasteiger partial charge < -0.3 is 9.84 Å². The molecule has 3 nitrogen and oxygen atoms in total. The molecule has 4 heteroatoms. The van der Waals surface area contributed by atoms with Gasteiger partial charge in [-0.25, -0.2) is 4.79 Å². The Balaban J connectivity index is 2.86. The van der Waals surface area contributed by atoms with Crippen molar-refractivity contribution in [1.82, 2.24) is 0 Å². The Morgan fingerprint density at radius 2 is 2.09 bits per heavy atom. The Labute approximate surface area is 67.0 Å². The van der Waals surface area contributed by atoms with Crippen LogP contribution in [0.3, 0.4) is 0 Å². The van der Waals surface area contributed by atoms with Gasteiger partial charge in [0.05, 0.1) is 0 Å². The molecule has 0 heterocycles. The number of rotatable bonds is 1. The highest BCUT2D eigenvalue weighted by atomic mass is 28.1. The van der Waals surface area contributed by atoms with Gasteiger partial charge in [-0.05, 0) is 11.3 Å². The topological polar surface area (TPSA) is 46.5 Å². The first kappa shape index (κ1) is 7.81. The first-order valence-electron chi connectivity index (χ1n) is 3.16. The second kappa shape index (κ2) is 3.20. The van der Waals surface area contributed by atoms with Gasteiger partial charge in [0, 0.05) is 10.2 Å². The summed E-state index contributed by atoms with van der Waals surface area (Å²) < 4.78 is 4.50. The van der Waals surface area contributed by atoms with E-state index in [1.807, 2.05) is 12.1 Å². The summed E-state index contributed by atoms with van der Waals surface area (Å²) in [4.78, 5) is 10.1.